The zero-order valence-corrected chi connectivity index (χ0v) is 7.94. The number of carbonyl (C=O) groups is 1. The van der Waals surface area contributed by atoms with Crippen LogP contribution in [-0.4, -0.2) is 11.9 Å². The molecule has 2 nitrogen and oxygen atoms in total. The van der Waals surface area contributed by atoms with Crippen LogP contribution in [0.2, 0.25) is 0 Å². The van der Waals surface area contributed by atoms with Crippen LogP contribution in [0.4, 0.5) is 0 Å². The van der Waals surface area contributed by atoms with Crippen molar-refractivity contribution in [2.75, 3.05) is 0 Å². The van der Waals surface area contributed by atoms with Crippen molar-refractivity contribution in [2.45, 2.75) is 18.9 Å². The van der Waals surface area contributed by atoms with E-state index in [4.69, 9.17) is 0 Å². The van der Waals surface area contributed by atoms with Gasteiger partial charge in [0.1, 0.15) is 0 Å². The van der Waals surface area contributed by atoms with Crippen LogP contribution in [0.1, 0.15) is 12.0 Å². The molecule has 14 heavy (non-hydrogen) atoms. The van der Waals surface area contributed by atoms with E-state index in [1.807, 2.05) is 24.3 Å². The summed E-state index contributed by atoms with van der Waals surface area (Å²) in [4.78, 5) is 11.1. The third-order valence-corrected chi connectivity index (χ3v) is 2.32. The Bertz CT molecular complexity index is 343. The lowest BCUT2D eigenvalue weighted by atomic mass is 10.0. The summed E-state index contributed by atoms with van der Waals surface area (Å²) < 4.78 is 0. The first-order valence-corrected chi connectivity index (χ1v) is 4.84. The summed E-state index contributed by atoms with van der Waals surface area (Å²) in [5, 5.41) is 2.94. The number of benzene rings is 1. The Hall–Kier alpha value is -1.57. The second-order valence-corrected chi connectivity index (χ2v) is 3.50. The number of hydrogen-bond donors (Lipinski definition) is 1. The van der Waals surface area contributed by atoms with Crippen LogP contribution in [0, 0.1) is 0 Å². The van der Waals surface area contributed by atoms with E-state index in [1.165, 1.54) is 5.56 Å². The average molecular weight is 187 g/mol. The van der Waals surface area contributed by atoms with Crippen LogP contribution in [0.15, 0.2) is 42.5 Å². The minimum Gasteiger partial charge on any atom is -0.349 e. The van der Waals surface area contributed by atoms with Gasteiger partial charge < -0.3 is 5.32 Å². The standard InChI is InChI=1S/C12H13NO/c14-12-8-4-7-11(13-12)9-10-5-2-1-3-6-10/h1-7,11H,8-9H2,(H,13,14)/t11-/m0/s1. The van der Waals surface area contributed by atoms with E-state index in [1.54, 1.807) is 0 Å². The number of nitrogens with one attached hydrogen (secondary N) is 1. The second-order valence-electron chi connectivity index (χ2n) is 3.50. The first-order valence-electron chi connectivity index (χ1n) is 4.84. The molecule has 1 heterocycles. The van der Waals surface area contributed by atoms with Gasteiger partial charge in [-0.15, -0.1) is 0 Å². The number of carbonyl (C=O) groups excluding carboxylic acids is 1. The maximum atomic E-state index is 11.1. The predicted molar refractivity (Wildman–Crippen MR) is 55.8 cm³/mol. The number of hydrogen-bond acceptors (Lipinski definition) is 1. The molecule has 0 aromatic heterocycles. The van der Waals surface area contributed by atoms with Gasteiger partial charge in [0.15, 0.2) is 0 Å². The molecule has 1 amide bonds. The van der Waals surface area contributed by atoms with Crippen molar-refractivity contribution in [3.8, 4) is 0 Å². The Morgan fingerprint density at radius 3 is 2.79 bits per heavy atom. The molecule has 0 bridgehead atoms. The summed E-state index contributed by atoms with van der Waals surface area (Å²) >= 11 is 0. The Labute approximate surface area is 83.6 Å². The highest BCUT2D eigenvalue weighted by Gasteiger charge is 2.12. The Morgan fingerprint density at radius 1 is 1.29 bits per heavy atom. The summed E-state index contributed by atoms with van der Waals surface area (Å²) in [6.45, 7) is 0. The van der Waals surface area contributed by atoms with E-state index < -0.39 is 0 Å². The molecule has 0 fully saturated rings. The van der Waals surface area contributed by atoms with Gasteiger partial charge in [0, 0.05) is 6.42 Å². The first kappa shape index (κ1) is 9.00. The highest BCUT2D eigenvalue weighted by atomic mass is 16.1. The first-order chi connectivity index (χ1) is 6.84. The number of rotatable bonds is 2. The molecule has 1 aliphatic rings. The van der Waals surface area contributed by atoms with E-state index in [9.17, 15) is 4.79 Å². The largest absolute Gasteiger partial charge is 0.349 e. The van der Waals surface area contributed by atoms with Crippen molar-refractivity contribution in [2.24, 2.45) is 0 Å². The average Bonchev–Trinajstić information content (AvgIpc) is 2.19. The maximum Gasteiger partial charge on any atom is 0.224 e. The van der Waals surface area contributed by atoms with Crippen LogP contribution < -0.4 is 5.32 Å². The van der Waals surface area contributed by atoms with Gasteiger partial charge in [0.2, 0.25) is 5.91 Å². The molecule has 0 radical (unpaired) electrons. The van der Waals surface area contributed by atoms with Gasteiger partial charge in [-0.1, -0.05) is 42.5 Å². The van der Waals surface area contributed by atoms with Gasteiger partial charge in [-0.05, 0) is 12.0 Å². The van der Waals surface area contributed by atoms with Crippen LogP contribution in [0.25, 0.3) is 0 Å². The molecule has 2 rings (SSSR count). The van der Waals surface area contributed by atoms with E-state index in [0.717, 1.165) is 6.42 Å². The van der Waals surface area contributed by atoms with Gasteiger partial charge in [0.05, 0.1) is 6.04 Å². The molecular weight excluding hydrogens is 174 g/mol. The van der Waals surface area contributed by atoms with E-state index >= 15 is 0 Å². The topological polar surface area (TPSA) is 29.1 Å². The van der Waals surface area contributed by atoms with Crippen molar-refractivity contribution in [1.82, 2.24) is 5.32 Å². The Kier molecular flexibility index (Phi) is 2.63. The van der Waals surface area contributed by atoms with Crippen molar-refractivity contribution < 1.29 is 4.79 Å². The van der Waals surface area contributed by atoms with Gasteiger partial charge in [0.25, 0.3) is 0 Å². The fourth-order valence-electron chi connectivity index (χ4n) is 1.64. The molecule has 0 aliphatic carbocycles. The van der Waals surface area contributed by atoms with E-state index in [2.05, 4.69) is 23.5 Å². The summed E-state index contributed by atoms with van der Waals surface area (Å²) in [6, 6.07) is 10.4. The normalized spacial score (nSPS) is 20.6. The smallest absolute Gasteiger partial charge is 0.224 e. The molecule has 1 aliphatic heterocycles. The Morgan fingerprint density at radius 2 is 2.07 bits per heavy atom. The monoisotopic (exact) mass is 187 g/mol. The third-order valence-electron chi connectivity index (χ3n) is 2.32. The zero-order chi connectivity index (χ0) is 9.80. The number of amides is 1. The lowest BCUT2D eigenvalue weighted by molar-refractivity contribution is -0.121. The van der Waals surface area contributed by atoms with Gasteiger partial charge >= 0.3 is 0 Å². The minimum atomic E-state index is 0.119. The molecule has 1 aromatic carbocycles. The van der Waals surface area contributed by atoms with Crippen molar-refractivity contribution in [1.29, 1.82) is 0 Å². The zero-order valence-electron chi connectivity index (χ0n) is 7.94. The molecule has 72 valence electrons. The second kappa shape index (κ2) is 4.09. The minimum absolute atomic E-state index is 0.119. The van der Waals surface area contributed by atoms with Crippen molar-refractivity contribution in [3.63, 3.8) is 0 Å². The van der Waals surface area contributed by atoms with Crippen molar-refractivity contribution >= 4 is 5.91 Å². The summed E-state index contributed by atoms with van der Waals surface area (Å²) in [5.74, 6) is 0.119. The predicted octanol–water partition coefficient (Wildman–Crippen LogP) is 1.67. The SMILES string of the molecule is O=C1CC=C[C@@H](Cc2ccccc2)N1. The molecule has 2 heteroatoms. The van der Waals surface area contributed by atoms with Crippen LogP contribution in [0.5, 0.6) is 0 Å². The van der Waals surface area contributed by atoms with Crippen LogP contribution >= 0.6 is 0 Å². The van der Waals surface area contributed by atoms with Crippen LogP contribution in [-0.2, 0) is 11.2 Å². The summed E-state index contributed by atoms with van der Waals surface area (Å²) in [7, 11) is 0. The van der Waals surface area contributed by atoms with Gasteiger partial charge in [-0.3, -0.25) is 4.79 Å². The fraction of sp³-hybridized carbons (Fsp3) is 0.250. The van der Waals surface area contributed by atoms with Gasteiger partial charge in [-0.2, -0.15) is 0 Å². The fourth-order valence-corrected chi connectivity index (χ4v) is 1.64. The highest BCUT2D eigenvalue weighted by Crippen LogP contribution is 2.07. The molecule has 0 unspecified atom stereocenters. The van der Waals surface area contributed by atoms with Gasteiger partial charge in [-0.25, -0.2) is 0 Å². The molecule has 1 N–H and O–H groups in total. The molecule has 0 spiro atoms. The van der Waals surface area contributed by atoms with E-state index in [-0.39, 0.29) is 11.9 Å². The third kappa shape index (κ3) is 2.22. The highest BCUT2D eigenvalue weighted by molar-refractivity contribution is 5.79. The molecular formula is C12H13NO. The van der Waals surface area contributed by atoms with Crippen LogP contribution in [0.3, 0.4) is 0 Å². The Balaban J connectivity index is 2.01. The van der Waals surface area contributed by atoms with Crippen molar-refractivity contribution in [3.05, 3.63) is 48.0 Å². The quantitative estimate of drug-likeness (QED) is 0.701. The molecule has 0 saturated heterocycles. The molecule has 1 aromatic rings. The maximum absolute atomic E-state index is 11.1. The summed E-state index contributed by atoms with van der Waals surface area (Å²) in [5.41, 5.74) is 1.25. The lowest BCUT2D eigenvalue weighted by Crippen LogP contribution is -2.37. The van der Waals surface area contributed by atoms with E-state index in [0.29, 0.717) is 6.42 Å². The lowest BCUT2D eigenvalue weighted by Gasteiger charge is -2.18. The molecule has 1 atom stereocenters. The summed E-state index contributed by atoms with van der Waals surface area (Å²) in [6.07, 6.45) is 5.40. The molecule has 0 saturated carbocycles.